The molecule has 0 bridgehead atoms. The lowest BCUT2D eigenvalue weighted by Crippen LogP contribution is -2.24. The highest BCUT2D eigenvalue weighted by atomic mass is 16.5. The Bertz CT molecular complexity index is 524. The molecule has 0 radical (unpaired) electrons. The summed E-state index contributed by atoms with van der Waals surface area (Å²) in [5, 5.41) is 11.1. The number of carbonyl (C=O) groups is 1. The quantitative estimate of drug-likeness (QED) is 0.742. The second-order valence-corrected chi connectivity index (χ2v) is 5.07. The van der Waals surface area contributed by atoms with E-state index in [2.05, 4.69) is 5.32 Å². The van der Waals surface area contributed by atoms with Gasteiger partial charge < -0.3 is 19.7 Å². The van der Waals surface area contributed by atoms with Crippen LogP contribution in [0, 0.1) is 11.3 Å². The molecule has 22 heavy (non-hydrogen) atoms. The number of nitrogens with zero attached hydrogens (tertiary/aromatic N) is 2. The molecule has 120 valence electrons. The van der Waals surface area contributed by atoms with E-state index in [9.17, 15) is 4.79 Å². The molecule has 0 aliphatic heterocycles. The van der Waals surface area contributed by atoms with Crippen molar-refractivity contribution in [1.82, 2.24) is 10.2 Å². The van der Waals surface area contributed by atoms with Crippen molar-refractivity contribution in [2.45, 2.75) is 12.8 Å². The van der Waals surface area contributed by atoms with Crippen molar-refractivity contribution in [3.63, 3.8) is 0 Å². The Morgan fingerprint density at radius 2 is 2.14 bits per heavy atom. The van der Waals surface area contributed by atoms with Gasteiger partial charge in [-0.15, -0.1) is 0 Å². The molecule has 1 rings (SSSR count). The van der Waals surface area contributed by atoms with E-state index in [-0.39, 0.29) is 12.3 Å². The molecule has 0 aliphatic rings. The number of nitriles is 1. The lowest BCUT2D eigenvalue weighted by molar-refractivity contribution is -0.120. The summed E-state index contributed by atoms with van der Waals surface area (Å²) in [5.74, 6) is 1.14. The molecule has 1 aromatic carbocycles. The van der Waals surface area contributed by atoms with Crippen LogP contribution in [0.25, 0.3) is 0 Å². The second kappa shape index (κ2) is 9.64. The van der Waals surface area contributed by atoms with Crippen LogP contribution in [0.3, 0.4) is 0 Å². The van der Waals surface area contributed by atoms with Crippen molar-refractivity contribution in [2.24, 2.45) is 0 Å². The van der Waals surface area contributed by atoms with Crippen molar-refractivity contribution in [2.75, 3.05) is 40.9 Å². The highest BCUT2D eigenvalue weighted by Crippen LogP contribution is 2.28. The number of nitrogens with one attached hydrogen (secondary N) is 1. The van der Waals surface area contributed by atoms with Crippen molar-refractivity contribution in [1.29, 1.82) is 5.26 Å². The number of methoxy groups -OCH3 is 1. The summed E-state index contributed by atoms with van der Waals surface area (Å²) >= 11 is 0. The molecule has 0 aromatic heterocycles. The number of hydrogen-bond donors (Lipinski definition) is 1. The van der Waals surface area contributed by atoms with Gasteiger partial charge in [0.05, 0.1) is 13.2 Å². The van der Waals surface area contributed by atoms with E-state index in [1.807, 2.05) is 43.3 Å². The van der Waals surface area contributed by atoms with Crippen molar-refractivity contribution < 1.29 is 14.3 Å². The van der Waals surface area contributed by atoms with E-state index in [0.29, 0.717) is 31.1 Å². The predicted octanol–water partition coefficient (Wildman–Crippen LogP) is 1.21. The molecule has 0 atom stereocenters. The van der Waals surface area contributed by atoms with Crippen LogP contribution in [-0.2, 0) is 11.2 Å². The molecule has 0 saturated carbocycles. The molecular formula is C16H23N3O3. The third-order valence-electron chi connectivity index (χ3n) is 3.00. The van der Waals surface area contributed by atoms with Gasteiger partial charge in [-0.1, -0.05) is 6.07 Å². The molecule has 6 nitrogen and oxygen atoms in total. The Morgan fingerprint density at radius 3 is 2.77 bits per heavy atom. The Balaban J connectivity index is 2.53. The van der Waals surface area contributed by atoms with Gasteiger partial charge in [-0.3, -0.25) is 4.79 Å². The smallest absolute Gasteiger partial charge is 0.234 e. The maximum atomic E-state index is 11.2. The molecule has 6 heteroatoms. The van der Waals surface area contributed by atoms with E-state index in [1.54, 1.807) is 7.11 Å². The molecule has 1 N–H and O–H groups in total. The zero-order chi connectivity index (χ0) is 16.4. The standard InChI is InChI=1S/C16H23N3O3/c1-19(2)10-11-22-14-5-4-13(12-15(14)21-3)7-9-18-16(20)6-8-17/h4-5,12H,6-7,9-11H2,1-3H3,(H,18,20). The molecule has 1 aromatic rings. The van der Waals surface area contributed by atoms with Crippen LogP contribution in [0.15, 0.2) is 18.2 Å². The topological polar surface area (TPSA) is 74.6 Å². The monoisotopic (exact) mass is 305 g/mol. The van der Waals surface area contributed by atoms with Gasteiger partial charge in [-0.05, 0) is 38.2 Å². The average molecular weight is 305 g/mol. The van der Waals surface area contributed by atoms with Gasteiger partial charge in [0.25, 0.3) is 0 Å². The molecule has 0 heterocycles. The number of rotatable bonds is 9. The summed E-state index contributed by atoms with van der Waals surface area (Å²) in [6, 6.07) is 7.55. The fraction of sp³-hybridized carbons (Fsp3) is 0.500. The van der Waals surface area contributed by atoms with Gasteiger partial charge in [-0.2, -0.15) is 5.26 Å². The van der Waals surface area contributed by atoms with Crippen LogP contribution in [-0.4, -0.2) is 51.7 Å². The fourth-order valence-electron chi connectivity index (χ4n) is 1.81. The molecule has 0 aliphatic carbocycles. The maximum absolute atomic E-state index is 11.2. The number of carbonyl (C=O) groups excluding carboxylic acids is 1. The summed E-state index contributed by atoms with van der Waals surface area (Å²) in [7, 11) is 5.58. The third-order valence-corrected chi connectivity index (χ3v) is 3.00. The zero-order valence-corrected chi connectivity index (χ0v) is 13.4. The number of amides is 1. The summed E-state index contributed by atoms with van der Waals surface area (Å²) in [5.41, 5.74) is 1.04. The normalized spacial score (nSPS) is 10.1. The maximum Gasteiger partial charge on any atom is 0.234 e. The number of likely N-dealkylation sites (N-methyl/N-ethyl adjacent to an activating group) is 1. The first-order valence-electron chi connectivity index (χ1n) is 7.15. The molecule has 0 unspecified atom stereocenters. The van der Waals surface area contributed by atoms with Gasteiger partial charge in [-0.25, -0.2) is 0 Å². The molecular weight excluding hydrogens is 282 g/mol. The summed E-state index contributed by atoms with van der Waals surface area (Å²) in [6.07, 6.45) is 0.563. The van der Waals surface area contributed by atoms with E-state index in [1.165, 1.54) is 0 Å². The minimum Gasteiger partial charge on any atom is -0.493 e. The van der Waals surface area contributed by atoms with Crippen molar-refractivity contribution >= 4 is 5.91 Å². The first-order chi connectivity index (χ1) is 10.6. The van der Waals surface area contributed by atoms with E-state index in [4.69, 9.17) is 14.7 Å². The Kier molecular flexibility index (Phi) is 7.79. The summed E-state index contributed by atoms with van der Waals surface area (Å²) in [6.45, 7) is 1.91. The van der Waals surface area contributed by atoms with Crippen LogP contribution < -0.4 is 14.8 Å². The fourth-order valence-corrected chi connectivity index (χ4v) is 1.81. The number of ether oxygens (including phenoxy) is 2. The minimum absolute atomic E-state index is 0.109. The van der Waals surface area contributed by atoms with E-state index in [0.717, 1.165) is 12.1 Å². The lowest BCUT2D eigenvalue weighted by atomic mass is 10.1. The first kappa shape index (κ1) is 17.8. The van der Waals surface area contributed by atoms with Crippen LogP contribution in [0.4, 0.5) is 0 Å². The van der Waals surface area contributed by atoms with Crippen LogP contribution in [0.1, 0.15) is 12.0 Å². The molecule has 0 fully saturated rings. The van der Waals surface area contributed by atoms with Gasteiger partial charge in [0.2, 0.25) is 5.91 Å². The number of hydrogen-bond acceptors (Lipinski definition) is 5. The Labute approximate surface area is 131 Å². The Morgan fingerprint density at radius 1 is 1.36 bits per heavy atom. The largest absolute Gasteiger partial charge is 0.493 e. The SMILES string of the molecule is COc1cc(CCNC(=O)CC#N)ccc1OCCN(C)C. The van der Waals surface area contributed by atoms with E-state index < -0.39 is 0 Å². The average Bonchev–Trinajstić information content (AvgIpc) is 2.48. The highest BCUT2D eigenvalue weighted by Gasteiger charge is 2.07. The zero-order valence-electron chi connectivity index (χ0n) is 13.4. The highest BCUT2D eigenvalue weighted by molar-refractivity contribution is 5.77. The van der Waals surface area contributed by atoms with Crippen molar-refractivity contribution in [3.8, 4) is 17.6 Å². The Hall–Kier alpha value is -2.26. The third kappa shape index (κ3) is 6.46. The summed E-state index contributed by atoms with van der Waals surface area (Å²) in [4.78, 5) is 13.2. The van der Waals surface area contributed by atoms with Gasteiger partial charge >= 0.3 is 0 Å². The van der Waals surface area contributed by atoms with Gasteiger partial charge in [0.15, 0.2) is 11.5 Å². The van der Waals surface area contributed by atoms with Crippen LogP contribution in [0.2, 0.25) is 0 Å². The van der Waals surface area contributed by atoms with Crippen molar-refractivity contribution in [3.05, 3.63) is 23.8 Å². The second-order valence-electron chi connectivity index (χ2n) is 5.07. The van der Waals surface area contributed by atoms with Crippen LogP contribution >= 0.6 is 0 Å². The summed E-state index contributed by atoms with van der Waals surface area (Å²) < 4.78 is 11.0. The molecule has 0 saturated heterocycles. The lowest BCUT2D eigenvalue weighted by Gasteiger charge is -2.14. The first-order valence-corrected chi connectivity index (χ1v) is 7.15. The molecule has 1 amide bonds. The minimum atomic E-state index is -0.252. The van der Waals surface area contributed by atoms with E-state index >= 15 is 0 Å². The molecule has 0 spiro atoms. The number of benzene rings is 1. The van der Waals surface area contributed by atoms with Crippen LogP contribution in [0.5, 0.6) is 11.5 Å². The predicted molar refractivity (Wildman–Crippen MR) is 84.0 cm³/mol. The van der Waals surface area contributed by atoms with Gasteiger partial charge in [0.1, 0.15) is 13.0 Å². The van der Waals surface area contributed by atoms with Gasteiger partial charge in [0, 0.05) is 13.1 Å².